The van der Waals surface area contributed by atoms with Crippen LogP contribution >= 0.6 is 0 Å². The summed E-state index contributed by atoms with van der Waals surface area (Å²) in [6.45, 7) is 7.03. The van der Waals surface area contributed by atoms with Crippen molar-refractivity contribution in [2.45, 2.75) is 57.3 Å². The smallest absolute Gasteiger partial charge is 0.0689 e. The fourth-order valence-corrected chi connectivity index (χ4v) is 13.0. The molecule has 13 rings (SSSR count). The Bertz CT molecular complexity index is 3570. The first-order valence-electron chi connectivity index (χ1n) is 26.6. The molecule has 1 spiro atoms. The van der Waals surface area contributed by atoms with Crippen LogP contribution in [0.15, 0.2) is 271 Å². The fourth-order valence-electron chi connectivity index (χ4n) is 13.0. The van der Waals surface area contributed by atoms with Gasteiger partial charge in [-0.2, -0.15) is 0 Å². The molecule has 1 N–H and O–H groups in total. The predicted octanol–water partition coefficient (Wildman–Crippen LogP) is 18.9. The second kappa shape index (κ2) is 18.8. The third kappa shape index (κ3) is 7.71. The largest absolute Gasteiger partial charge is 0.355 e. The Labute approximate surface area is 431 Å². The molecule has 0 aromatic heterocycles. The van der Waals surface area contributed by atoms with Gasteiger partial charge in [-0.05, 0) is 183 Å². The minimum absolute atomic E-state index is 0.223. The Balaban J connectivity index is 0.884. The van der Waals surface area contributed by atoms with Crippen molar-refractivity contribution in [3.8, 4) is 33.4 Å². The molecule has 3 atom stereocenters. The van der Waals surface area contributed by atoms with Gasteiger partial charge in [0.2, 0.25) is 0 Å². The molecule has 2 nitrogen and oxygen atoms in total. The van der Waals surface area contributed by atoms with Crippen LogP contribution in [-0.4, -0.2) is 0 Å². The molecule has 0 bridgehead atoms. The maximum atomic E-state index is 4.70. The second-order valence-corrected chi connectivity index (χ2v) is 20.6. The zero-order valence-corrected chi connectivity index (χ0v) is 41.7. The summed E-state index contributed by atoms with van der Waals surface area (Å²) >= 11 is 0. The summed E-state index contributed by atoms with van der Waals surface area (Å²) in [7, 11) is 0. The normalized spacial score (nSPS) is 21.9. The van der Waals surface area contributed by atoms with Crippen molar-refractivity contribution in [2.75, 3.05) is 10.2 Å². The average molecular weight is 941 g/mol. The number of anilines is 4. The Morgan fingerprint density at radius 1 is 0.507 bits per heavy atom. The highest BCUT2D eigenvalue weighted by Crippen LogP contribution is 2.64. The SMILES string of the molecule is C=C1/C=C\CCCC2=C(C=CCC2)/C(Nc2ccc(-c3ccc(N(c4ccc(-c5ccccc5)cc4)c4ccc5c(c4)C4(C6=C(C=CCC6)c6ccccc64)c4ccccc4-5)cc3)cc2)=C\1C1C=CC=CC1C. The van der Waals surface area contributed by atoms with E-state index in [1.807, 2.05) is 0 Å². The zero-order valence-electron chi connectivity index (χ0n) is 41.7. The molecule has 6 aliphatic carbocycles. The van der Waals surface area contributed by atoms with E-state index in [0.29, 0.717) is 5.92 Å². The number of allylic oxidation sites excluding steroid dienone is 15. The van der Waals surface area contributed by atoms with Crippen LogP contribution in [0, 0.1) is 11.8 Å². The highest BCUT2D eigenvalue weighted by Gasteiger charge is 2.52. The standard InChI is InChI=1S/C71H60N2/c1-48-19-9-11-25-59(48)69-49(2)20-5-3-8-23-54-24-10-12-26-60(54)70(69)72-55-39-33-51(34-40-55)53-37-43-57(44-38-53)73(56-41-35-52(36-42-56)50-21-6-4-7-22-50)58-45-46-64-63-29-15-18-32-67(63)71(68(64)47-58)65-30-16-13-27-61(65)62-28-14-17-31-66(62)71/h4-7,9,11-16,18-22,25-30,32-48,59,72H,2-3,8,10,17,23-24,31H2,1H3/b20-5-,70-69-. The van der Waals surface area contributed by atoms with E-state index in [1.54, 1.807) is 5.57 Å². The number of rotatable bonds is 8. The average Bonchev–Trinajstić information content (AvgIpc) is 3.92. The molecule has 0 saturated heterocycles. The van der Waals surface area contributed by atoms with Crippen LogP contribution in [-0.2, 0) is 5.41 Å². The van der Waals surface area contributed by atoms with E-state index < -0.39 is 0 Å². The molecular weight excluding hydrogens is 881 g/mol. The highest BCUT2D eigenvalue weighted by molar-refractivity contribution is 5.98. The van der Waals surface area contributed by atoms with Gasteiger partial charge in [0, 0.05) is 28.7 Å². The summed E-state index contributed by atoms with van der Waals surface area (Å²) < 4.78 is 0. The molecule has 2 heteroatoms. The van der Waals surface area contributed by atoms with Crippen LogP contribution in [0.5, 0.6) is 0 Å². The Kier molecular flexibility index (Phi) is 11.5. The van der Waals surface area contributed by atoms with E-state index in [1.165, 1.54) is 83.6 Å². The van der Waals surface area contributed by atoms with Gasteiger partial charge in [-0.25, -0.2) is 0 Å². The lowest BCUT2D eigenvalue weighted by molar-refractivity contribution is 0.579. The van der Waals surface area contributed by atoms with E-state index in [4.69, 9.17) is 6.58 Å². The highest BCUT2D eigenvalue weighted by atomic mass is 15.1. The van der Waals surface area contributed by atoms with Gasteiger partial charge in [0.1, 0.15) is 0 Å². The van der Waals surface area contributed by atoms with Crippen LogP contribution in [0.3, 0.4) is 0 Å². The van der Waals surface area contributed by atoms with E-state index >= 15 is 0 Å². The van der Waals surface area contributed by atoms with Gasteiger partial charge >= 0.3 is 0 Å². The van der Waals surface area contributed by atoms with Crippen LogP contribution in [0.4, 0.5) is 22.7 Å². The quantitative estimate of drug-likeness (QED) is 0.163. The fraction of sp³-hybridized carbons (Fsp3) is 0.155. The summed E-state index contributed by atoms with van der Waals surface area (Å²) in [5, 5.41) is 4.02. The monoisotopic (exact) mass is 940 g/mol. The van der Waals surface area contributed by atoms with E-state index in [2.05, 4.69) is 248 Å². The second-order valence-electron chi connectivity index (χ2n) is 20.6. The summed E-state index contributed by atoms with van der Waals surface area (Å²) in [5.41, 5.74) is 26.5. The third-order valence-electron chi connectivity index (χ3n) is 16.5. The summed E-state index contributed by atoms with van der Waals surface area (Å²) in [6.07, 6.45) is 30.8. The van der Waals surface area contributed by atoms with E-state index in [-0.39, 0.29) is 11.3 Å². The molecule has 73 heavy (non-hydrogen) atoms. The minimum atomic E-state index is -0.349. The van der Waals surface area contributed by atoms with Crippen molar-refractivity contribution >= 4 is 28.3 Å². The van der Waals surface area contributed by atoms with Crippen molar-refractivity contribution in [3.05, 3.63) is 293 Å². The lowest BCUT2D eigenvalue weighted by Crippen LogP contribution is -2.28. The summed E-state index contributed by atoms with van der Waals surface area (Å²) in [6, 6.07) is 63.6. The molecule has 0 heterocycles. The number of benzene rings is 7. The van der Waals surface area contributed by atoms with Gasteiger partial charge in [0.15, 0.2) is 0 Å². The molecule has 0 aliphatic heterocycles. The van der Waals surface area contributed by atoms with Gasteiger partial charge in [-0.3, -0.25) is 0 Å². The first-order valence-corrected chi connectivity index (χ1v) is 26.6. The number of hydrogen-bond donors (Lipinski definition) is 1. The number of hydrogen-bond acceptors (Lipinski definition) is 2. The van der Waals surface area contributed by atoms with Crippen LogP contribution in [0.2, 0.25) is 0 Å². The Morgan fingerprint density at radius 3 is 1.81 bits per heavy atom. The maximum absolute atomic E-state index is 4.70. The van der Waals surface area contributed by atoms with Crippen molar-refractivity contribution in [2.24, 2.45) is 11.8 Å². The summed E-state index contributed by atoms with van der Waals surface area (Å²) in [5.74, 6) is 0.582. The molecule has 0 amide bonds. The number of nitrogens with one attached hydrogen (secondary N) is 1. The van der Waals surface area contributed by atoms with Crippen molar-refractivity contribution < 1.29 is 0 Å². The Morgan fingerprint density at radius 2 is 1.08 bits per heavy atom. The third-order valence-corrected chi connectivity index (χ3v) is 16.5. The number of nitrogens with zero attached hydrogens (tertiary/aromatic N) is 1. The molecule has 0 saturated carbocycles. The molecular formula is C71H60N2. The van der Waals surface area contributed by atoms with E-state index in [0.717, 1.165) is 73.3 Å². The van der Waals surface area contributed by atoms with Gasteiger partial charge in [0.25, 0.3) is 0 Å². The van der Waals surface area contributed by atoms with Gasteiger partial charge in [-0.1, -0.05) is 201 Å². The van der Waals surface area contributed by atoms with Crippen LogP contribution in [0.25, 0.3) is 39.0 Å². The van der Waals surface area contributed by atoms with Crippen LogP contribution < -0.4 is 10.2 Å². The topological polar surface area (TPSA) is 15.3 Å². The van der Waals surface area contributed by atoms with Gasteiger partial charge < -0.3 is 10.2 Å². The number of fused-ring (bicyclic) bond motifs is 9. The van der Waals surface area contributed by atoms with Crippen molar-refractivity contribution in [1.82, 2.24) is 0 Å². The van der Waals surface area contributed by atoms with Gasteiger partial charge in [-0.15, -0.1) is 0 Å². The predicted molar refractivity (Wildman–Crippen MR) is 308 cm³/mol. The van der Waals surface area contributed by atoms with Crippen molar-refractivity contribution in [3.63, 3.8) is 0 Å². The molecule has 0 fully saturated rings. The lowest BCUT2D eigenvalue weighted by Gasteiger charge is -2.34. The molecule has 6 aliphatic rings. The minimum Gasteiger partial charge on any atom is -0.355 e. The van der Waals surface area contributed by atoms with Crippen molar-refractivity contribution in [1.29, 1.82) is 0 Å². The molecule has 3 unspecified atom stereocenters. The first kappa shape index (κ1) is 44.7. The zero-order chi connectivity index (χ0) is 48.9. The molecule has 0 radical (unpaired) electrons. The molecule has 354 valence electrons. The Hall–Kier alpha value is -8.20. The lowest BCUT2D eigenvalue weighted by atomic mass is 9.68. The summed E-state index contributed by atoms with van der Waals surface area (Å²) in [4.78, 5) is 2.45. The molecule has 7 aromatic rings. The van der Waals surface area contributed by atoms with Gasteiger partial charge in [0.05, 0.1) is 11.1 Å². The molecule has 7 aromatic carbocycles. The van der Waals surface area contributed by atoms with E-state index in [9.17, 15) is 0 Å². The van der Waals surface area contributed by atoms with Crippen LogP contribution in [0.1, 0.15) is 74.1 Å². The first-order chi connectivity index (χ1) is 36.0. The maximum Gasteiger partial charge on any atom is 0.0689 e.